The van der Waals surface area contributed by atoms with E-state index in [4.69, 9.17) is 4.74 Å². The maximum Gasteiger partial charge on any atom is 0.275 e. The fourth-order valence-corrected chi connectivity index (χ4v) is 2.84. The van der Waals surface area contributed by atoms with Crippen molar-refractivity contribution in [3.8, 4) is 5.75 Å². The molecule has 25 heavy (non-hydrogen) atoms. The van der Waals surface area contributed by atoms with E-state index in [1.165, 1.54) is 0 Å². The van der Waals surface area contributed by atoms with Gasteiger partial charge in [-0.3, -0.25) is 4.79 Å². The van der Waals surface area contributed by atoms with Crippen molar-refractivity contribution in [1.82, 2.24) is 5.32 Å². The van der Waals surface area contributed by atoms with Crippen LogP contribution >= 0.6 is 0 Å². The first-order valence-electron chi connectivity index (χ1n) is 8.39. The molecule has 0 unspecified atom stereocenters. The van der Waals surface area contributed by atoms with Crippen molar-refractivity contribution in [3.63, 3.8) is 0 Å². The zero-order valence-electron chi connectivity index (χ0n) is 14.7. The molecule has 0 aromatic heterocycles. The van der Waals surface area contributed by atoms with E-state index in [0.717, 1.165) is 22.4 Å². The van der Waals surface area contributed by atoms with Gasteiger partial charge in [-0.05, 0) is 40.8 Å². The lowest BCUT2D eigenvalue weighted by Crippen LogP contribution is -2.25. The Morgan fingerprint density at radius 1 is 1.16 bits per heavy atom. The van der Waals surface area contributed by atoms with Gasteiger partial charge in [0.15, 0.2) is 0 Å². The number of methoxy groups -OCH3 is 1. The number of ether oxygens (including phenoxy) is 1. The quantitative estimate of drug-likeness (QED) is 0.842. The highest BCUT2D eigenvalue weighted by Crippen LogP contribution is 2.28. The Bertz CT molecular complexity index is 836. The molecule has 0 fully saturated rings. The molecule has 1 N–H and O–H groups in total. The number of nitrogens with zero attached hydrogens (tertiary/aromatic N) is 1. The molecule has 4 heteroatoms. The van der Waals surface area contributed by atoms with Gasteiger partial charge in [0, 0.05) is 6.42 Å². The molecule has 0 aliphatic carbocycles. The van der Waals surface area contributed by atoms with Crippen molar-refractivity contribution in [2.45, 2.75) is 26.2 Å². The number of rotatable bonds is 5. The average Bonchev–Trinajstić information content (AvgIpc) is 2.94. The van der Waals surface area contributed by atoms with Crippen LogP contribution in [0.1, 0.15) is 36.5 Å². The number of amidine groups is 1. The maximum absolute atomic E-state index is 12.2. The molecule has 2 aromatic rings. The van der Waals surface area contributed by atoms with Crippen LogP contribution in [0, 0.1) is 0 Å². The highest BCUT2D eigenvalue weighted by atomic mass is 16.5. The summed E-state index contributed by atoms with van der Waals surface area (Å²) in [5.41, 5.74) is 3.61. The highest BCUT2D eigenvalue weighted by molar-refractivity contribution is 6.14. The minimum absolute atomic E-state index is 0.159. The predicted octanol–water partition coefficient (Wildman–Crippen LogP) is 3.93. The molecule has 0 atom stereocenters. The highest BCUT2D eigenvalue weighted by Gasteiger charge is 2.20. The molecule has 4 nitrogen and oxygen atoms in total. The lowest BCUT2D eigenvalue weighted by Gasteiger charge is -2.12. The number of hydrogen-bond donors (Lipinski definition) is 1. The first kappa shape index (κ1) is 17.0. The number of carbonyl (C=O) groups excluding carboxylic acids is 1. The van der Waals surface area contributed by atoms with Gasteiger partial charge < -0.3 is 10.1 Å². The number of aliphatic imine (C=N–C) groups is 1. The molecule has 3 rings (SSSR count). The second kappa shape index (κ2) is 7.34. The molecule has 0 spiro atoms. The Kier molecular flexibility index (Phi) is 4.98. The zero-order valence-corrected chi connectivity index (χ0v) is 14.7. The molecule has 0 radical (unpaired) electrons. The summed E-state index contributed by atoms with van der Waals surface area (Å²) in [7, 11) is 1.67. The van der Waals surface area contributed by atoms with Gasteiger partial charge in [0.25, 0.3) is 5.91 Å². The zero-order chi connectivity index (χ0) is 17.8. The summed E-state index contributed by atoms with van der Waals surface area (Å²) < 4.78 is 5.41. The molecule has 1 aliphatic heterocycles. The van der Waals surface area contributed by atoms with Gasteiger partial charge in [-0.15, -0.1) is 0 Å². The van der Waals surface area contributed by atoms with Crippen molar-refractivity contribution < 1.29 is 9.53 Å². The summed E-state index contributed by atoms with van der Waals surface area (Å²) in [5.74, 6) is 1.72. The van der Waals surface area contributed by atoms with Crippen LogP contribution in [0.4, 0.5) is 0 Å². The van der Waals surface area contributed by atoms with Crippen LogP contribution in [0.3, 0.4) is 0 Å². The molecule has 0 bridgehead atoms. The van der Waals surface area contributed by atoms with Gasteiger partial charge in [-0.2, -0.15) is 0 Å². The van der Waals surface area contributed by atoms with Crippen LogP contribution in [0.15, 0.2) is 59.2 Å². The van der Waals surface area contributed by atoms with Crippen LogP contribution < -0.4 is 10.1 Å². The Balaban J connectivity index is 1.85. The molecule has 2 aromatic carbocycles. The van der Waals surface area contributed by atoms with E-state index >= 15 is 0 Å². The second-order valence-electron chi connectivity index (χ2n) is 6.36. The summed E-state index contributed by atoms with van der Waals surface area (Å²) in [6.07, 6.45) is 2.43. The normalized spacial score (nSPS) is 15.4. The summed E-state index contributed by atoms with van der Waals surface area (Å²) >= 11 is 0. The minimum Gasteiger partial charge on any atom is -0.496 e. The Hall–Kier alpha value is -2.88. The molecule has 1 aliphatic rings. The lowest BCUT2D eigenvalue weighted by atomic mass is 9.99. The number of carbonyl (C=O) groups is 1. The number of benzene rings is 2. The van der Waals surface area contributed by atoms with Gasteiger partial charge in [-0.25, -0.2) is 4.99 Å². The van der Waals surface area contributed by atoms with Crippen molar-refractivity contribution in [3.05, 3.63) is 70.9 Å². The van der Waals surface area contributed by atoms with Crippen molar-refractivity contribution in [2.75, 3.05) is 7.11 Å². The second-order valence-corrected chi connectivity index (χ2v) is 6.36. The molecular weight excluding hydrogens is 312 g/mol. The van der Waals surface area contributed by atoms with Crippen LogP contribution in [-0.4, -0.2) is 18.9 Å². The smallest absolute Gasteiger partial charge is 0.275 e. The fraction of sp³-hybridized carbons (Fsp3) is 0.238. The van der Waals surface area contributed by atoms with Crippen molar-refractivity contribution in [1.29, 1.82) is 0 Å². The standard InChI is InChI=1S/C21H22N2O2/c1-14(2)17-11-16(9-10-19(17)25-3)12-18-21(24)23-20(22-18)13-15-7-5-4-6-8-15/h4-12,14H,13H2,1-3H3,(H,22,23,24)/b18-12+. The van der Waals surface area contributed by atoms with Gasteiger partial charge in [0.1, 0.15) is 17.3 Å². The van der Waals surface area contributed by atoms with E-state index in [1.54, 1.807) is 7.11 Å². The van der Waals surface area contributed by atoms with Gasteiger partial charge >= 0.3 is 0 Å². The molecule has 1 amide bonds. The molecule has 0 saturated carbocycles. The molecule has 0 saturated heterocycles. The Labute approximate surface area is 148 Å². The summed E-state index contributed by atoms with van der Waals surface area (Å²) in [6, 6.07) is 15.9. The third-order valence-electron chi connectivity index (χ3n) is 4.14. The predicted molar refractivity (Wildman–Crippen MR) is 101 cm³/mol. The summed E-state index contributed by atoms with van der Waals surface area (Å²) in [5, 5.41) is 2.85. The Morgan fingerprint density at radius 2 is 1.92 bits per heavy atom. The monoisotopic (exact) mass is 334 g/mol. The lowest BCUT2D eigenvalue weighted by molar-refractivity contribution is -0.115. The fourth-order valence-electron chi connectivity index (χ4n) is 2.84. The van der Waals surface area contributed by atoms with E-state index in [-0.39, 0.29) is 5.91 Å². The first-order chi connectivity index (χ1) is 12.1. The molecule has 128 valence electrons. The molecule has 1 heterocycles. The van der Waals surface area contributed by atoms with Gasteiger partial charge in [0.2, 0.25) is 0 Å². The third-order valence-corrected chi connectivity index (χ3v) is 4.14. The number of hydrogen-bond acceptors (Lipinski definition) is 3. The summed E-state index contributed by atoms with van der Waals surface area (Å²) in [4.78, 5) is 16.7. The van der Waals surface area contributed by atoms with E-state index in [2.05, 4.69) is 30.2 Å². The Morgan fingerprint density at radius 3 is 2.60 bits per heavy atom. The summed E-state index contributed by atoms with van der Waals surface area (Å²) in [6.45, 7) is 4.24. The van der Waals surface area contributed by atoms with Crippen molar-refractivity contribution >= 4 is 17.8 Å². The van der Waals surface area contributed by atoms with E-state index in [1.807, 2.05) is 48.5 Å². The first-order valence-corrected chi connectivity index (χ1v) is 8.39. The van der Waals surface area contributed by atoms with Gasteiger partial charge in [0.05, 0.1) is 7.11 Å². The third kappa shape index (κ3) is 3.97. The van der Waals surface area contributed by atoms with E-state index < -0.39 is 0 Å². The van der Waals surface area contributed by atoms with Crippen LogP contribution in [0.5, 0.6) is 5.75 Å². The SMILES string of the molecule is COc1ccc(/C=C2/N=C(Cc3ccccc3)NC2=O)cc1C(C)C. The van der Waals surface area contributed by atoms with Crippen molar-refractivity contribution in [2.24, 2.45) is 4.99 Å². The van der Waals surface area contributed by atoms with Crippen LogP contribution in [-0.2, 0) is 11.2 Å². The van der Waals surface area contributed by atoms with Crippen LogP contribution in [0.2, 0.25) is 0 Å². The van der Waals surface area contributed by atoms with Gasteiger partial charge in [-0.1, -0.05) is 50.2 Å². The average molecular weight is 334 g/mol. The maximum atomic E-state index is 12.2. The van der Waals surface area contributed by atoms with Crippen LogP contribution in [0.25, 0.3) is 6.08 Å². The molecular formula is C21H22N2O2. The van der Waals surface area contributed by atoms with E-state index in [0.29, 0.717) is 23.9 Å². The number of amides is 1. The largest absolute Gasteiger partial charge is 0.496 e. The number of nitrogens with one attached hydrogen (secondary N) is 1. The van der Waals surface area contributed by atoms with E-state index in [9.17, 15) is 4.79 Å². The topological polar surface area (TPSA) is 50.7 Å². The minimum atomic E-state index is -0.159.